The van der Waals surface area contributed by atoms with Crippen molar-refractivity contribution in [3.63, 3.8) is 0 Å². The Kier molecular flexibility index (Phi) is 7.23. The van der Waals surface area contributed by atoms with Crippen LogP contribution in [0.25, 0.3) is 10.9 Å². The Labute approximate surface area is 236 Å². The number of hydrogen-bond donors (Lipinski definition) is 1. The van der Waals surface area contributed by atoms with Crippen LogP contribution in [0.5, 0.6) is 0 Å². The molecule has 194 valence electrons. The minimum Gasteiger partial charge on any atom is -0.461 e. The highest BCUT2D eigenvalue weighted by Gasteiger charge is 2.33. The van der Waals surface area contributed by atoms with Gasteiger partial charge in [0.2, 0.25) is 0 Å². The highest BCUT2D eigenvalue weighted by Crippen LogP contribution is 2.40. The minimum atomic E-state index is -0.442. The van der Waals surface area contributed by atoms with Gasteiger partial charge in [-0.3, -0.25) is 0 Å². The van der Waals surface area contributed by atoms with Gasteiger partial charge >= 0.3 is 5.97 Å². The van der Waals surface area contributed by atoms with Gasteiger partial charge in [0.15, 0.2) is 5.69 Å². The molecule has 0 radical (unpaired) electrons. The number of fused-ring (bicyclic) bond motifs is 3. The minimum absolute atomic E-state index is 0.272. The number of ether oxygens (including phenoxy) is 1. The molecule has 0 unspecified atom stereocenters. The summed E-state index contributed by atoms with van der Waals surface area (Å²) in [5.74, 6) is -0.442. The Balaban J connectivity index is 1.32. The second kappa shape index (κ2) is 10.8. The molecule has 2 aliphatic rings. The highest BCUT2D eigenvalue weighted by molar-refractivity contribution is 7.99. The molecule has 1 aromatic heterocycles. The Morgan fingerprint density at radius 2 is 1.79 bits per heavy atom. The van der Waals surface area contributed by atoms with Crippen LogP contribution < -0.4 is 9.80 Å². The molecular weight excluding hydrogens is 537 g/mol. The maximum atomic E-state index is 12.6. The lowest BCUT2D eigenvalue weighted by atomic mass is 9.96. The van der Waals surface area contributed by atoms with Gasteiger partial charge in [-0.05, 0) is 42.8 Å². The van der Waals surface area contributed by atoms with Crippen molar-refractivity contribution < 1.29 is 14.4 Å². The van der Waals surface area contributed by atoms with Crippen LogP contribution in [0, 0.1) is 0 Å². The number of esters is 1. The van der Waals surface area contributed by atoms with E-state index in [0.717, 1.165) is 43.7 Å². The molecule has 3 heterocycles. The maximum absolute atomic E-state index is 12.6. The molecule has 1 N–H and O–H groups in total. The lowest BCUT2D eigenvalue weighted by Crippen LogP contribution is -3.15. The third-order valence-electron chi connectivity index (χ3n) is 7.44. The number of hydrogen-bond acceptors (Lipinski definition) is 5. The maximum Gasteiger partial charge on any atom is 0.357 e. The molecule has 3 aromatic carbocycles. The van der Waals surface area contributed by atoms with Crippen molar-refractivity contribution in [3.05, 3.63) is 93.6 Å². The third-order valence-corrected chi connectivity index (χ3v) is 9.17. The van der Waals surface area contributed by atoms with E-state index < -0.39 is 5.97 Å². The molecule has 0 bridgehead atoms. The second-order valence-electron chi connectivity index (χ2n) is 9.68. The number of carbonyl (C=O) groups is 1. The fraction of sp³-hybridized carbons (Fsp3) is 0.267. The molecule has 1 fully saturated rings. The molecular formula is C30H28Cl2N3O2S+. The second-order valence-corrected chi connectivity index (χ2v) is 11.6. The van der Waals surface area contributed by atoms with Crippen LogP contribution in [0.1, 0.15) is 34.6 Å². The van der Waals surface area contributed by atoms with Crippen molar-refractivity contribution in [2.75, 3.05) is 37.7 Å². The summed E-state index contributed by atoms with van der Waals surface area (Å²) in [5, 5.41) is 1.84. The van der Waals surface area contributed by atoms with E-state index in [4.69, 9.17) is 27.9 Å². The van der Waals surface area contributed by atoms with Crippen LogP contribution >= 0.6 is 35.0 Å². The quantitative estimate of drug-likeness (QED) is 0.314. The summed E-state index contributed by atoms with van der Waals surface area (Å²) in [4.78, 5) is 23.8. The van der Waals surface area contributed by atoms with Gasteiger partial charge in [0.1, 0.15) is 6.04 Å². The largest absolute Gasteiger partial charge is 0.461 e. The molecule has 0 spiro atoms. The first-order valence-corrected chi connectivity index (χ1v) is 14.5. The van der Waals surface area contributed by atoms with Crippen molar-refractivity contribution in [2.24, 2.45) is 0 Å². The smallest absolute Gasteiger partial charge is 0.357 e. The SMILES string of the molecule is CCOC(=O)c1cc(N2CC[NH+]([C@H]3Cc4ccccc4Sc4ccccc43)CC2)c2c(Cl)cc(Cl)cc2n1. The van der Waals surface area contributed by atoms with Gasteiger partial charge in [0.25, 0.3) is 0 Å². The lowest BCUT2D eigenvalue weighted by Gasteiger charge is -2.38. The number of benzene rings is 3. The fourth-order valence-electron chi connectivity index (χ4n) is 5.65. The normalized spacial score (nSPS) is 17.6. The number of rotatable bonds is 4. The number of halogens is 2. The van der Waals surface area contributed by atoms with Crippen molar-refractivity contribution in [2.45, 2.75) is 29.2 Å². The summed E-state index contributed by atoms with van der Waals surface area (Å²) in [6, 6.07) is 23.3. The zero-order valence-corrected chi connectivity index (χ0v) is 23.4. The summed E-state index contributed by atoms with van der Waals surface area (Å²) in [6.45, 7) is 5.69. The van der Waals surface area contributed by atoms with Crippen LogP contribution in [0.15, 0.2) is 76.5 Å². The molecule has 2 aliphatic heterocycles. The number of aromatic nitrogens is 1. The van der Waals surface area contributed by atoms with Gasteiger partial charge in [-0.1, -0.05) is 71.4 Å². The van der Waals surface area contributed by atoms with E-state index in [1.54, 1.807) is 24.0 Å². The molecule has 4 aromatic rings. The number of carbonyl (C=O) groups excluding carboxylic acids is 1. The summed E-state index contributed by atoms with van der Waals surface area (Å²) < 4.78 is 5.26. The average molecular weight is 566 g/mol. The first kappa shape index (κ1) is 25.5. The third kappa shape index (κ3) is 4.87. The summed E-state index contributed by atoms with van der Waals surface area (Å²) in [7, 11) is 0. The van der Waals surface area contributed by atoms with Crippen molar-refractivity contribution in [1.29, 1.82) is 0 Å². The Morgan fingerprint density at radius 1 is 1.05 bits per heavy atom. The van der Waals surface area contributed by atoms with E-state index in [2.05, 4.69) is 58.4 Å². The number of quaternary nitrogens is 1. The fourth-order valence-corrected chi connectivity index (χ4v) is 7.37. The predicted molar refractivity (Wildman–Crippen MR) is 154 cm³/mol. The molecule has 1 atom stereocenters. The first-order chi connectivity index (χ1) is 18.5. The Bertz CT molecular complexity index is 1520. The van der Waals surface area contributed by atoms with Crippen molar-refractivity contribution in [1.82, 2.24) is 4.98 Å². The van der Waals surface area contributed by atoms with Gasteiger partial charge in [-0.15, -0.1) is 0 Å². The van der Waals surface area contributed by atoms with E-state index in [-0.39, 0.29) is 12.3 Å². The van der Waals surface area contributed by atoms with Gasteiger partial charge in [0, 0.05) is 32.2 Å². The van der Waals surface area contributed by atoms with E-state index >= 15 is 0 Å². The summed E-state index contributed by atoms with van der Waals surface area (Å²) >= 11 is 14.9. The number of nitrogens with one attached hydrogen (secondary N) is 1. The summed E-state index contributed by atoms with van der Waals surface area (Å²) in [5.41, 5.74) is 4.61. The Morgan fingerprint density at radius 3 is 2.58 bits per heavy atom. The van der Waals surface area contributed by atoms with E-state index in [0.29, 0.717) is 21.6 Å². The monoisotopic (exact) mass is 564 g/mol. The van der Waals surface area contributed by atoms with E-state index in [9.17, 15) is 4.79 Å². The standard InChI is InChI=1S/C30H27Cl2N3O2S/c1-2-37-30(36)24-18-26(29-22(32)16-20(31)17-23(29)33-24)35-13-11-34(12-14-35)25-15-19-7-3-5-9-27(19)38-28-10-6-4-8-21(25)28/h3-10,16-18,25H,2,11-15H2,1H3/p+1/t25-/m0/s1. The van der Waals surface area contributed by atoms with Gasteiger partial charge in [-0.2, -0.15) is 0 Å². The molecule has 6 rings (SSSR count). The van der Waals surface area contributed by atoms with E-state index in [1.165, 1.54) is 20.9 Å². The zero-order chi connectivity index (χ0) is 26.2. The van der Waals surface area contributed by atoms with Crippen LogP contribution in [-0.4, -0.2) is 43.7 Å². The van der Waals surface area contributed by atoms with Crippen molar-refractivity contribution >= 4 is 57.5 Å². The van der Waals surface area contributed by atoms with Gasteiger partial charge < -0.3 is 14.5 Å². The first-order valence-electron chi connectivity index (χ1n) is 12.9. The molecule has 1 saturated heterocycles. The molecule has 5 nitrogen and oxygen atoms in total. The number of piperazine rings is 1. The molecule has 38 heavy (non-hydrogen) atoms. The highest BCUT2D eigenvalue weighted by atomic mass is 35.5. The van der Waals surface area contributed by atoms with Crippen LogP contribution in [0.4, 0.5) is 5.69 Å². The van der Waals surface area contributed by atoms with Crippen LogP contribution in [0.3, 0.4) is 0 Å². The Hall–Kier alpha value is -2.77. The molecule has 0 aliphatic carbocycles. The number of anilines is 1. The average Bonchev–Trinajstić information content (AvgIpc) is 3.09. The number of pyridine rings is 1. The summed E-state index contributed by atoms with van der Waals surface area (Å²) in [6.07, 6.45) is 1.02. The lowest BCUT2D eigenvalue weighted by molar-refractivity contribution is -0.932. The van der Waals surface area contributed by atoms with Crippen molar-refractivity contribution in [3.8, 4) is 0 Å². The van der Waals surface area contributed by atoms with E-state index in [1.807, 2.05) is 17.8 Å². The van der Waals surface area contributed by atoms with Crippen LogP contribution in [-0.2, 0) is 11.2 Å². The van der Waals surface area contributed by atoms with Gasteiger partial charge in [-0.25, -0.2) is 9.78 Å². The predicted octanol–water partition coefficient (Wildman–Crippen LogP) is 5.87. The molecule has 0 amide bonds. The van der Waals surface area contributed by atoms with Crippen LogP contribution in [0.2, 0.25) is 10.0 Å². The number of nitrogens with zero attached hydrogens (tertiary/aromatic N) is 2. The zero-order valence-electron chi connectivity index (χ0n) is 21.0. The molecule has 0 saturated carbocycles. The molecule has 8 heteroatoms. The van der Waals surface area contributed by atoms with Gasteiger partial charge in [0.05, 0.1) is 49.0 Å². The topological polar surface area (TPSA) is 46.9 Å².